The van der Waals surface area contributed by atoms with Crippen molar-refractivity contribution in [3.63, 3.8) is 0 Å². The van der Waals surface area contributed by atoms with E-state index in [1.165, 1.54) is 38.1 Å². The standard InChI is InChI=1S/C25H24F5N3O3S/c1-14-4-5-17(11-20(14)26)23-19(8-9-22(33-23)25(28,29)30)12-31-24(34)15(2)16-6-7-18(21(27)10-16)13-32-37(3,35)36/h4-11,15,32H,12-13H2,1-3H3,(H,31,34)/t15-/m0/s1. The van der Waals surface area contributed by atoms with Crippen molar-refractivity contribution in [2.75, 3.05) is 6.26 Å². The Balaban J connectivity index is 1.81. The molecule has 3 rings (SSSR count). The van der Waals surface area contributed by atoms with Crippen LogP contribution in [0.25, 0.3) is 11.3 Å². The molecule has 1 aromatic heterocycles. The third-order valence-electron chi connectivity index (χ3n) is 5.66. The highest BCUT2D eigenvalue weighted by molar-refractivity contribution is 7.88. The van der Waals surface area contributed by atoms with Crippen molar-refractivity contribution >= 4 is 15.9 Å². The minimum absolute atomic E-state index is 0.0904. The monoisotopic (exact) mass is 541 g/mol. The number of halogens is 5. The van der Waals surface area contributed by atoms with Crippen molar-refractivity contribution in [2.24, 2.45) is 0 Å². The van der Waals surface area contributed by atoms with E-state index in [4.69, 9.17) is 0 Å². The molecule has 12 heteroatoms. The maximum absolute atomic E-state index is 14.4. The van der Waals surface area contributed by atoms with Crippen molar-refractivity contribution < 1.29 is 35.2 Å². The molecule has 0 aliphatic rings. The van der Waals surface area contributed by atoms with E-state index in [2.05, 4.69) is 15.0 Å². The van der Waals surface area contributed by atoms with Crippen molar-refractivity contribution in [3.05, 3.63) is 88.1 Å². The van der Waals surface area contributed by atoms with Gasteiger partial charge in [0.25, 0.3) is 0 Å². The molecule has 0 unspecified atom stereocenters. The van der Waals surface area contributed by atoms with Crippen LogP contribution in [0.5, 0.6) is 0 Å². The summed E-state index contributed by atoms with van der Waals surface area (Å²) in [6.07, 6.45) is -3.78. The first-order chi connectivity index (χ1) is 17.2. The van der Waals surface area contributed by atoms with E-state index in [1.54, 1.807) is 0 Å². The summed E-state index contributed by atoms with van der Waals surface area (Å²) in [5.41, 5.74) is -0.234. The van der Waals surface area contributed by atoms with Gasteiger partial charge in [0.05, 0.1) is 17.9 Å². The Labute approximate surface area is 211 Å². The molecule has 0 spiro atoms. The highest BCUT2D eigenvalue weighted by Crippen LogP contribution is 2.32. The summed E-state index contributed by atoms with van der Waals surface area (Å²) in [4.78, 5) is 16.4. The van der Waals surface area contributed by atoms with Gasteiger partial charge in [0.1, 0.15) is 17.3 Å². The number of rotatable bonds is 8. The lowest BCUT2D eigenvalue weighted by molar-refractivity contribution is -0.141. The summed E-state index contributed by atoms with van der Waals surface area (Å²) in [5.74, 6) is -2.70. The first-order valence-corrected chi connectivity index (χ1v) is 12.9. The molecule has 0 radical (unpaired) electrons. The van der Waals surface area contributed by atoms with Gasteiger partial charge in [-0.2, -0.15) is 13.2 Å². The van der Waals surface area contributed by atoms with E-state index in [0.29, 0.717) is 11.1 Å². The minimum Gasteiger partial charge on any atom is -0.351 e. The van der Waals surface area contributed by atoms with Crippen LogP contribution < -0.4 is 10.0 Å². The molecule has 2 aromatic carbocycles. The number of aromatic nitrogens is 1. The van der Waals surface area contributed by atoms with Gasteiger partial charge in [-0.1, -0.05) is 30.3 Å². The second-order valence-corrected chi connectivity index (χ2v) is 10.4. The number of alkyl halides is 3. The Hall–Kier alpha value is -3.38. The predicted octanol–water partition coefficient (Wildman–Crippen LogP) is 4.82. The second kappa shape index (κ2) is 10.9. The molecule has 1 amide bonds. The van der Waals surface area contributed by atoms with Crippen molar-refractivity contribution in [1.29, 1.82) is 0 Å². The van der Waals surface area contributed by atoms with E-state index < -0.39 is 45.4 Å². The summed E-state index contributed by atoms with van der Waals surface area (Å²) < 4.78 is 93.0. The van der Waals surface area contributed by atoms with Crippen LogP contribution in [-0.2, 0) is 34.1 Å². The van der Waals surface area contributed by atoms with Crippen molar-refractivity contribution in [2.45, 2.75) is 39.0 Å². The number of carbonyl (C=O) groups excluding carboxylic acids is 1. The number of nitrogens with one attached hydrogen (secondary N) is 2. The molecule has 0 fully saturated rings. The first-order valence-electron chi connectivity index (χ1n) is 11.0. The third-order valence-corrected chi connectivity index (χ3v) is 6.33. The van der Waals surface area contributed by atoms with Gasteiger partial charge in [-0.25, -0.2) is 26.9 Å². The Kier molecular flexibility index (Phi) is 8.33. The Bertz CT molecular complexity index is 1430. The Morgan fingerprint density at radius 2 is 1.65 bits per heavy atom. The molecule has 3 aromatic rings. The first kappa shape index (κ1) is 28.2. The molecule has 0 aliphatic carbocycles. The second-order valence-electron chi connectivity index (χ2n) is 8.55. The zero-order valence-corrected chi connectivity index (χ0v) is 20.9. The van der Waals surface area contributed by atoms with Gasteiger partial charge in [0.2, 0.25) is 15.9 Å². The SMILES string of the molecule is Cc1ccc(-c2nc(C(F)(F)F)ccc2CNC(=O)[C@@H](C)c2ccc(CNS(C)(=O)=O)c(F)c2)cc1F. The number of aryl methyl sites for hydroxylation is 1. The maximum Gasteiger partial charge on any atom is 0.433 e. The number of nitrogens with zero attached hydrogens (tertiary/aromatic N) is 1. The fourth-order valence-electron chi connectivity index (χ4n) is 3.45. The van der Waals surface area contributed by atoms with Crippen LogP contribution in [0.2, 0.25) is 0 Å². The zero-order chi connectivity index (χ0) is 27.5. The topological polar surface area (TPSA) is 88.2 Å². The number of pyridine rings is 1. The van der Waals surface area contributed by atoms with Crippen molar-refractivity contribution in [1.82, 2.24) is 15.0 Å². The lowest BCUT2D eigenvalue weighted by Crippen LogP contribution is -2.28. The number of amides is 1. The molecule has 0 bridgehead atoms. The lowest BCUT2D eigenvalue weighted by Gasteiger charge is -2.16. The summed E-state index contributed by atoms with van der Waals surface area (Å²) in [6.45, 7) is 2.56. The highest BCUT2D eigenvalue weighted by Gasteiger charge is 2.33. The molecule has 0 saturated carbocycles. The van der Waals surface area contributed by atoms with Gasteiger partial charge in [0.15, 0.2) is 0 Å². The van der Waals surface area contributed by atoms with E-state index in [-0.39, 0.29) is 35.5 Å². The maximum atomic E-state index is 14.4. The highest BCUT2D eigenvalue weighted by atomic mass is 32.2. The molecule has 37 heavy (non-hydrogen) atoms. The van der Waals surface area contributed by atoms with Crippen LogP contribution in [-0.4, -0.2) is 25.6 Å². The van der Waals surface area contributed by atoms with Gasteiger partial charge in [-0.3, -0.25) is 4.79 Å². The zero-order valence-electron chi connectivity index (χ0n) is 20.1. The van der Waals surface area contributed by atoms with E-state index >= 15 is 0 Å². The van der Waals surface area contributed by atoms with Crippen LogP contribution in [0, 0.1) is 18.6 Å². The largest absolute Gasteiger partial charge is 0.433 e. The third kappa shape index (κ3) is 7.32. The van der Waals surface area contributed by atoms with Crippen LogP contribution in [0.4, 0.5) is 22.0 Å². The minimum atomic E-state index is -4.72. The van der Waals surface area contributed by atoms with Gasteiger partial charge < -0.3 is 5.32 Å². The molecule has 1 heterocycles. The quantitative estimate of drug-likeness (QED) is 0.400. The fourth-order valence-corrected chi connectivity index (χ4v) is 3.87. The summed E-state index contributed by atoms with van der Waals surface area (Å²) in [6, 6.07) is 9.83. The van der Waals surface area contributed by atoms with Crippen molar-refractivity contribution in [3.8, 4) is 11.3 Å². The molecular formula is C25H24F5N3O3S. The smallest absolute Gasteiger partial charge is 0.351 e. The van der Waals surface area contributed by atoms with E-state index in [1.807, 2.05) is 0 Å². The van der Waals surface area contributed by atoms with Gasteiger partial charge in [-0.15, -0.1) is 0 Å². The predicted molar refractivity (Wildman–Crippen MR) is 128 cm³/mol. The molecular weight excluding hydrogens is 517 g/mol. The lowest BCUT2D eigenvalue weighted by atomic mass is 9.98. The average Bonchev–Trinajstić information content (AvgIpc) is 2.81. The summed E-state index contributed by atoms with van der Waals surface area (Å²) in [5, 5.41) is 2.60. The molecule has 6 nitrogen and oxygen atoms in total. The van der Waals surface area contributed by atoms with Gasteiger partial charge in [0, 0.05) is 24.2 Å². The number of carbonyl (C=O) groups is 1. The van der Waals surface area contributed by atoms with Crippen LogP contribution >= 0.6 is 0 Å². The van der Waals surface area contributed by atoms with Gasteiger partial charge >= 0.3 is 6.18 Å². The average molecular weight is 542 g/mol. The number of hydrogen-bond acceptors (Lipinski definition) is 4. The van der Waals surface area contributed by atoms with E-state index in [0.717, 1.165) is 30.5 Å². The number of hydrogen-bond donors (Lipinski definition) is 2. The van der Waals surface area contributed by atoms with Gasteiger partial charge in [-0.05, 0) is 48.7 Å². The fraction of sp³-hybridized carbons (Fsp3) is 0.280. The molecule has 0 aliphatic heterocycles. The molecule has 0 saturated heterocycles. The van der Waals surface area contributed by atoms with Crippen LogP contribution in [0.3, 0.4) is 0 Å². The Morgan fingerprint density at radius 1 is 0.973 bits per heavy atom. The summed E-state index contributed by atoms with van der Waals surface area (Å²) >= 11 is 0. The molecule has 2 N–H and O–H groups in total. The van der Waals surface area contributed by atoms with Crippen LogP contribution in [0.1, 0.15) is 40.8 Å². The number of benzene rings is 2. The van der Waals surface area contributed by atoms with E-state index in [9.17, 15) is 35.2 Å². The Morgan fingerprint density at radius 3 is 2.24 bits per heavy atom. The number of sulfonamides is 1. The van der Waals surface area contributed by atoms with Crippen LogP contribution in [0.15, 0.2) is 48.5 Å². The normalized spacial score (nSPS) is 12.9. The summed E-state index contributed by atoms with van der Waals surface area (Å²) in [7, 11) is -3.52. The molecule has 198 valence electrons. The molecule has 1 atom stereocenters.